The van der Waals surface area contributed by atoms with Crippen molar-refractivity contribution in [1.82, 2.24) is 9.97 Å². The number of rotatable bonds is 5. The van der Waals surface area contributed by atoms with Crippen LogP contribution in [0.5, 0.6) is 11.5 Å². The van der Waals surface area contributed by atoms with Gasteiger partial charge < -0.3 is 20.2 Å². The molecular weight excluding hydrogens is 342 g/mol. The monoisotopic (exact) mass is 357 g/mol. The summed E-state index contributed by atoms with van der Waals surface area (Å²) in [5, 5.41) is 38.8. The fraction of sp³-hybridized carbons (Fsp3) is 0.118. The zero-order valence-corrected chi connectivity index (χ0v) is 13.6. The maximum atomic E-state index is 12.5. The Bertz CT molecular complexity index is 976. The molecule has 0 aliphatic carbocycles. The van der Waals surface area contributed by atoms with Crippen molar-refractivity contribution in [2.24, 2.45) is 0 Å². The Balaban J connectivity index is 1.92. The van der Waals surface area contributed by atoms with Crippen LogP contribution < -0.4 is 9.96 Å². The van der Waals surface area contributed by atoms with Crippen LogP contribution >= 0.6 is 0 Å². The Kier molecular flexibility index (Phi) is 4.78. The van der Waals surface area contributed by atoms with Crippen molar-refractivity contribution in [2.75, 3.05) is 7.11 Å². The van der Waals surface area contributed by atoms with Gasteiger partial charge in [-0.1, -0.05) is 6.07 Å². The largest absolute Gasteiger partial charge is 0.595 e. The number of phenols is 1. The SMILES string of the molecule is COc1cc(C(O)C(=O)c2cnc3cc([NH+]([O-])O)ccc3n2)ccc1O. The number of Topliss-reactive ketones (excluding diaryl/α,β-unsaturated/α-hetero) is 1. The highest BCUT2D eigenvalue weighted by molar-refractivity contribution is 5.99. The molecule has 2 atom stereocenters. The first kappa shape index (κ1) is 17.7. The molecule has 26 heavy (non-hydrogen) atoms. The van der Waals surface area contributed by atoms with E-state index in [1.165, 1.54) is 49.7 Å². The lowest BCUT2D eigenvalue weighted by Gasteiger charge is -2.13. The van der Waals surface area contributed by atoms with E-state index in [1.807, 2.05) is 0 Å². The predicted molar refractivity (Wildman–Crippen MR) is 89.3 cm³/mol. The molecule has 0 saturated heterocycles. The standard InChI is InChI=1S/C17H15N3O6/c1-26-15-6-9(2-5-14(15)21)16(22)17(23)13-8-18-12-7-10(20(24)25)3-4-11(12)19-13/h2-8,16,20-22,24H,1H3. The van der Waals surface area contributed by atoms with Crippen LogP contribution in [0.25, 0.3) is 11.0 Å². The third-order valence-electron chi connectivity index (χ3n) is 3.81. The number of aliphatic hydroxyl groups excluding tert-OH is 1. The molecular formula is C17H15N3O6. The van der Waals surface area contributed by atoms with Crippen LogP contribution in [-0.4, -0.2) is 38.3 Å². The van der Waals surface area contributed by atoms with Gasteiger partial charge in [0.2, 0.25) is 5.78 Å². The Hall–Kier alpha value is -3.11. The first-order valence-electron chi connectivity index (χ1n) is 7.50. The number of ketones is 1. The maximum Gasteiger partial charge on any atom is 0.215 e. The number of fused-ring (bicyclic) bond motifs is 1. The molecule has 2 aromatic carbocycles. The Morgan fingerprint density at radius 2 is 2.00 bits per heavy atom. The summed E-state index contributed by atoms with van der Waals surface area (Å²) in [7, 11) is 1.35. The van der Waals surface area contributed by atoms with Gasteiger partial charge >= 0.3 is 0 Å². The molecule has 9 nitrogen and oxygen atoms in total. The van der Waals surface area contributed by atoms with Crippen LogP contribution in [0.1, 0.15) is 22.2 Å². The molecule has 3 rings (SSSR count). The number of carbonyl (C=O) groups is 1. The van der Waals surface area contributed by atoms with Crippen LogP contribution in [0.4, 0.5) is 5.69 Å². The molecule has 4 N–H and O–H groups in total. The van der Waals surface area contributed by atoms with Crippen LogP contribution in [0.3, 0.4) is 0 Å². The van der Waals surface area contributed by atoms with E-state index < -0.39 is 17.1 Å². The van der Waals surface area contributed by atoms with Crippen molar-refractivity contribution in [2.45, 2.75) is 6.10 Å². The van der Waals surface area contributed by atoms with E-state index in [1.54, 1.807) is 0 Å². The molecule has 134 valence electrons. The molecule has 0 aliphatic heterocycles. The average molecular weight is 357 g/mol. The minimum Gasteiger partial charge on any atom is -0.595 e. The number of hydrogen-bond acceptors (Lipinski definition) is 8. The van der Waals surface area contributed by atoms with Gasteiger partial charge in [-0.3, -0.25) is 9.78 Å². The summed E-state index contributed by atoms with van der Waals surface area (Å²) < 4.78 is 4.96. The molecule has 0 fully saturated rings. The zero-order chi connectivity index (χ0) is 18.8. The van der Waals surface area contributed by atoms with Gasteiger partial charge in [0, 0.05) is 12.1 Å². The number of aromatic nitrogens is 2. The van der Waals surface area contributed by atoms with E-state index in [-0.39, 0.29) is 28.4 Å². The van der Waals surface area contributed by atoms with Crippen molar-refractivity contribution in [3.05, 3.63) is 59.1 Å². The van der Waals surface area contributed by atoms with E-state index >= 15 is 0 Å². The Labute approximate surface area is 147 Å². The first-order chi connectivity index (χ1) is 12.4. The zero-order valence-electron chi connectivity index (χ0n) is 13.6. The summed E-state index contributed by atoms with van der Waals surface area (Å²) >= 11 is 0. The number of benzene rings is 2. The van der Waals surface area contributed by atoms with E-state index in [9.17, 15) is 20.2 Å². The number of hydrogen-bond donors (Lipinski definition) is 4. The number of ether oxygens (including phenoxy) is 1. The lowest BCUT2D eigenvalue weighted by molar-refractivity contribution is -0.991. The number of aromatic hydroxyl groups is 1. The molecule has 1 heterocycles. The summed E-state index contributed by atoms with van der Waals surface area (Å²) in [4.78, 5) is 20.7. The van der Waals surface area contributed by atoms with E-state index in [0.29, 0.717) is 11.0 Å². The van der Waals surface area contributed by atoms with Crippen LogP contribution in [0, 0.1) is 5.21 Å². The van der Waals surface area contributed by atoms with Crippen molar-refractivity contribution in [3.63, 3.8) is 0 Å². The van der Waals surface area contributed by atoms with Gasteiger partial charge in [0.1, 0.15) is 11.8 Å². The van der Waals surface area contributed by atoms with E-state index in [4.69, 9.17) is 9.94 Å². The van der Waals surface area contributed by atoms with Crippen LogP contribution in [0.2, 0.25) is 0 Å². The van der Waals surface area contributed by atoms with Gasteiger partial charge in [-0.15, -0.1) is 0 Å². The number of methoxy groups -OCH3 is 1. The Morgan fingerprint density at radius 3 is 2.69 bits per heavy atom. The molecule has 0 amide bonds. The lowest BCUT2D eigenvalue weighted by atomic mass is 10.0. The molecule has 0 saturated carbocycles. The van der Waals surface area contributed by atoms with Gasteiger partial charge in [0.25, 0.3) is 0 Å². The molecule has 0 aliphatic rings. The van der Waals surface area contributed by atoms with Crippen LogP contribution in [0.15, 0.2) is 42.6 Å². The second-order valence-electron chi connectivity index (χ2n) is 5.46. The number of nitrogens with one attached hydrogen (secondary N) is 1. The van der Waals surface area contributed by atoms with E-state index in [2.05, 4.69) is 9.97 Å². The predicted octanol–water partition coefficient (Wildman–Crippen LogP) is 0.664. The minimum atomic E-state index is -1.52. The van der Waals surface area contributed by atoms with Crippen molar-refractivity contribution >= 4 is 22.5 Å². The average Bonchev–Trinajstić information content (AvgIpc) is 2.66. The van der Waals surface area contributed by atoms with Gasteiger partial charge in [-0.05, 0) is 23.8 Å². The number of nitrogens with zero attached hydrogens (tertiary/aromatic N) is 2. The number of phenolic OH excluding ortho intramolecular Hbond substituents is 1. The molecule has 0 radical (unpaired) electrons. The van der Waals surface area contributed by atoms with E-state index in [0.717, 1.165) is 0 Å². The summed E-state index contributed by atoms with van der Waals surface area (Å²) in [5.41, 5.74) is 0.869. The van der Waals surface area contributed by atoms with Gasteiger partial charge in [0.05, 0.1) is 24.3 Å². The smallest absolute Gasteiger partial charge is 0.215 e. The summed E-state index contributed by atoms with van der Waals surface area (Å²) in [6, 6.07) is 8.21. The van der Waals surface area contributed by atoms with Crippen molar-refractivity contribution in [1.29, 1.82) is 0 Å². The molecule has 9 heteroatoms. The minimum absolute atomic E-state index is 0.0575. The molecule has 0 spiro atoms. The second-order valence-corrected chi connectivity index (χ2v) is 5.46. The highest BCUT2D eigenvalue weighted by Gasteiger charge is 2.22. The maximum absolute atomic E-state index is 12.5. The lowest BCUT2D eigenvalue weighted by Crippen LogP contribution is -2.99. The highest BCUT2D eigenvalue weighted by Crippen LogP contribution is 2.30. The second kappa shape index (κ2) is 7.02. The third-order valence-corrected chi connectivity index (χ3v) is 3.81. The van der Waals surface area contributed by atoms with Gasteiger partial charge in [-0.25, -0.2) is 10.2 Å². The van der Waals surface area contributed by atoms with Gasteiger partial charge in [-0.2, -0.15) is 5.23 Å². The first-order valence-corrected chi connectivity index (χ1v) is 7.50. The molecule has 3 aromatic rings. The Morgan fingerprint density at radius 1 is 1.23 bits per heavy atom. The normalized spacial score (nSPS) is 13.4. The fourth-order valence-electron chi connectivity index (χ4n) is 2.42. The summed E-state index contributed by atoms with van der Waals surface area (Å²) in [5.74, 6) is -0.676. The summed E-state index contributed by atoms with van der Waals surface area (Å²) in [6.07, 6.45) is -0.341. The van der Waals surface area contributed by atoms with Gasteiger partial charge in [0.15, 0.2) is 17.2 Å². The van der Waals surface area contributed by atoms with Crippen LogP contribution in [-0.2, 0) is 0 Å². The topological polar surface area (TPSA) is 140 Å². The highest BCUT2D eigenvalue weighted by atomic mass is 16.8. The van der Waals surface area contributed by atoms with Crippen molar-refractivity contribution < 1.29 is 30.2 Å². The quantitative estimate of drug-likeness (QED) is 0.386. The number of quaternary nitrogens is 1. The molecule has 0 bridgehead atoms. The molecule has 2 unspecified atom stereocenters. The molecule has 1 aromatic heterocycles. The number of carbonyl (C=O) groups excluding carboxylic acids is 1. The number of aliphatic hydroxyl groups is 1. The van der Waals surface area contributed by atoms with Crippen molar-refractivity contribution in [3.8, 4) is 11.5 Å². The fourth-order valence-corrected chi connectivity index (χ4v) is 2.42. The third kappa shape index (κ3) is 3.32. The summed E-state index contributed by atoms with van der Waals surface area (Å²) in [6.45, 7) is 0.